The van der Waals surface area contributed by atoms with Crippen molar-refractivity contribution in [2.75, 3.05) is 5.32 Å². The van der Waals surface area contributed by atoms with Gasteiger partial charge in [-0.15, -0.1) is 0 Å². The second-order valence-electron chi connectivity index (χ2n) is 7.48. The summed E-state index contributed by atoms with van der Waals surface area (Å²) in [5.74, 6) is 1.54. The number of nitrogens with one attached hydrogen (secondary N) is 1. The van der Waals surface area contributed by atoms with Gasteiger partial charge in [0.05, 0.1) is 5.70 Å². The molecule has 0 unspecified atom stereocenters. The van der Waals surface area contributed by atoms with E-state index >= 15 is 0 Å². The Balaban J connectivity index is 1.62. The molecule has 0 fully saturated rings. The molecule has 1 aromatic heterocycles. The highest BCUT2D eigenvalue weighted by Gasteiger charge is 2.40. The van der Waals surface area contributed by atoms with Crippen LogP contribution in [0, 0.1) is 0 Å². The summed E-state index contributed by atoms with van der Waals surface area (Å²) in [4.78, 5) is 4.46. The van der Waals surface area contributed by atoms with Crippen LogP contribution in [0.15, 0.2) is 89.2 Å². The number of fused-ring (bicyclic) bond motifs is 3. The van der Waals surface area contributed by atoms with Crippen LogP contribution in [0.5, 0.6) is 5.75 Å². The van der Waals surface area contributed by atoms with Crippen molar-refractivity contribution in [3.8, 4) is 5.75 Å². The van der Waals surface area contributed by atoms with Crippen molar-refractivity contribution in [1.29, 1.82) is 0 Å². The summed E-state index contributed by atoms with van der Waals surface area (Å²) in [6.07, 6.45) is 1.28. The Hall–Kier alpha value is -3.09. The van der Waals surface area contributed by atoms with Gasteiger partial charge in [0.1, 0.15) is 24.2 Å². The predicted octanol–water partition coefficient (Wildman–Crippen LogP) is 6.25. The highest BCUT2D eigenvalue weighted by molar-refractivity contribution is 9.10. The van der Waals surface area contributed by atoms with Crippen LogP contribution < -0.4 is 10.1 Å². The van der Waals surface area contributed by atoms with Gasteiger partial charge >= 0.3 is 0 Å². The van der Waals surface area contributed by atoms with Gasteiger partial charge in [0.2, 0.25) is 5.95 Å². The monoisotopic (exact) mass is 490 g/mol. The van der Waals surface area contributed by atoms with Crippen molar-refractivity contribution in [3.63, 3.8) is 0 Å². The zero-order chi connectivity index (χ0) is 20.9. The molecule has 0 amide bonds. The van der Waals surface area contributed by atoms with Crippen LogP contribution in [0.4, 0.5) is 5.95 Å². The molecule has 0 radical (unpaired) electrons. The maximum atomic E-state index is 6.58. The van der Waals surface area contributed by atoms with Crippen molar-refractivity contribution in [2.45, 2.75) is 12.1 Å². The number of ether oxygens (including phenoxy) is 1. The van der Waals surface area contributed by atoms with Crippen LogP contribution in [-0.4, -0.2) is 14.8 Å². The first-order chi connectivity index (χ1) is 15.2. The molecule has 0 bridgehead atoms. The fourth-order valence-electron chi connectivity index (χ4n) is 4.30. The molecule has 2 atom stereocenters. The number of anilines is 1. The quantitative estimate of drug-likeness (QED) is 0.360. The van der Waals surface area contributed by atoms with Gasteiger partial charge in [-0.05, 0) is 47.5 Å². The van der Waals surface area contributed by atoms with Crippen LogP contribution in [0.1, 0.15) is 28.8 Å². The van der Waals surface area contributed by atoms with Gasteiger partial charge in [-0.25, -0.2) is 4.68 Å². The van der Waals surface area contributed by atoms with Gasteiger partial charge < -0.3 is 10.1 Å². The zero-order valence-corrected chi connectivity index (χ0v) is 18.5. The number of hydrogen-bond acceptors (Lipinski definition) is 4. The standard InChI is InChI=1S/C24H16BrClN4O/c25-16-9-5-14(6-10-16)22-20-21(29-24-27-13-28-30(22)24)18-3-1-2-4-19(18)31-23(20)15-7-11-17(26)12-8-15/h1-13,22-23H,(H,27,28,29)/t22-,23+/m1/s1. The molecule has 31 heavy (non-hydrogen) atoms. The second kappa shape index (κ2) is 7.25. The SMILES string of the molecule is Clc1ccc([C@@H]2Oc3ccccc3C3=C2[C@@H](c2ccc(Br)cc2)n2ncnc2N3)cc1. The molecule has 0 saturated heterocycles. The number of halogens is 2. The lowest BCUT2D eigenvalue weighted by molar-refractivity contribution is 0.223. The van der Waals surface area contributed by atoms with Gasteiger partial charge in [-0.2, -0.15) is 10.1 Å². The van der Waals surface area contributed by atoms with Gasteiger partial charge in [-0.3, -0.25) is 0 Å². The van der Waals surface area contributed by atoms with E-state index in [4.69, 9.17) is 16.3 Å². The molecule has 7 heteroatoms. The van der Waals surface area contributed by atoms with Gasteiger partial charge in [-0.1, -0.05) is 63.9 Å². The Labute approximate surface area is 192 Å². The molecular weight excluding hydrogens is 476 g/mol. The molecule has 4 aromatic rings. The molecule has 2 aliphatic heterocycles. The minimum atomic E-state index is -0.305. The number of benzene rings is 3. The third kappa shape index (κ3) is 3.06. The fourth-order valence-corrected chi connectivity index (χ4v) is 4.69. The van der Waals surface area contributed by atoms with E-state index in [1.807, 2.05) is 59.3 Å². The lowest BCUT2D eigenvalue weighted by Crippen LogP contribution is -2.32. The highest BCUT2D eigenvalue weighted by atomic mass is 79.9. The molecule has 0 aliphatic carbocycles. The molecule has 0 saturated carbocycles. The number of nitrogens with zero attached hydrogens (tertiary/aromatic N) is 3. The smallest absolute Gasteiger partial charge is 0.226 e. The number of hydrogen-bond donors (Lipinski definition) is 1. The van der Waals surface area contributed by atoms with E-state index in [1.54, 1.807) is 6.33 Å². The Morgan fingerprint density at radius 3 is 2.48 bits per heavy atom. The summed E-state index contributed by atoms with van der Waals surface area (Å²) in [5, 5.41) is 8.75. The number of para-hydroxylation sites is 1. The highest BCUT2D eigenvalue weighted by Crippen LogP contribution is 2.50. The zero-order valence-electron chi connectivity index (χ0n) is 16.2. The fraction of sp³-hybridized carbons (Fsp3) is 0.0833. The van der Waals surface area contributed by atoms with E-state index in [1.165, 1.54) is 0 Å². The number of aromatic nitrogens is 3. The molecule has 152 valence electrons. The van der Waals surface area contributed by atoms with E-state index in [0.29, 0.717) is 11.0 Å². The average molecular weight is 492 g/mol. The lowest BCUT2D eigenvalue weighted by atomic mass is 9.84. The van der Waals surface area contributed by atoms with Crippen LogP contribution >= 0.6 is 27.5 Å². The third-order valence-corrected chi connectivity index (χ3v) is 6.46. The summed E-state index contributed by atoms with van der Waals surface area (Å²) in [6, 6.07) is 24.0. The van der Waals surface area contributed by atoms with Crippen LogP contribution in [0.3, 0.4) is 0 Å². The van der Waals surface area contributed by atoms with Gasteiger partial charge in [0.15, 0.2) is 0 Å². The Bertz CT molecular complexity index is 1310. The van der Waals surface area contributed by atoms with Crippen LogP contribution in [-0.2, 0) is 0 Å². The van der Waals surface area contributed by atoms with Gasteiger partial charge in [0, 0.05) is 20.6 Å². The van der Waals surface area contributed by atoms with Gasteiger partial charge in [0.25, 0.3) is 0 Å². The van der Waals surface area contributed by atoms with Crippen molar-refractivity contribution in [3.05, 3.63) is 111 Å². The maximum Gasteiger partial charge on any atom is 0.226 e. The van der Waals surface area contributed by atoms with E-state index in [0.717, 1.165) is 38.2 Å². The minimum absolute atomic E-state index is 0.170. The normalized spacial score (nSPS) is 19.0. The minimum Gasteiger partial charge on any atom is -0.480 e. The first-order valence-electron chi connectivity index (χ1n) is 9.86. The van der Waals surface area contributed by atoms with E-state index in [9.17, 15) is 0 Å². The molecule has 2 aliphatic rings. The van der Waals surface area contributed by atoms with E-state index in [2.05, 4.69) is 49.5 Å². The maximum absolute atomic E-state index is 6.58. The summed E-state index contributed by atoms with van der Waals surface area (Å²) in [6.45, 7) is 0. The van der Waals surface area contributed by atoms with E-state index in [-0.39, 0.29) is 12.1 Å². The topological polar surface area (TPSA) is 52.0 Å². The Kier molecular flexibility index (Phi) is 4.37. The summed E-state index contributed by atoms with van der Waals surface area (Å²) >= 11 is 9.71. The summed E-state index contributed by atoms with van der Waals surface area (Å²) in [7, 11) is 0. The van der Waals surface area contributed by atoms with Crippen molar-refractivity contribution >= 4 is 39.2 Å². The number of rotatable bonds is 2. The Morgan fingerprint density at radius 1 is 0.935 bits per heavy atom. The molecule has 5 nitrogen and oxygen atoms in total. The van der Waals surface area contributed by atoms with Crippen molar-refractivity contribution < 1.29 is 4.74 Å². The third-order valence-electron chi connectivity index (χ3n) is 5.68. The molecule has 3 heterocycles. The van der Waals surface area contributed by atoms with Crippen molar-refractivity contribution in [1.82, 2.24) is 14.8 Å². The van der Waals surface area contributed by atoms with Crippen LogP contribution in [0.25, 0.3) is 5.70 Å². The average Bonchev–Trinajstić information content (AvgIpc) is 3.27. The first-order valence-corrected chi connectivity index (χ1v) is 11.0. The second-order valence-corrected chi connectivity index (χ2v) is 8.84. The molecule has 6 rings (SSSR count). The lowest BCUT2D eigenvalue weighted by Gasteiger charge is -2.39. The first kappa shape index (κ1) is 18.7. The summed E-state index contributed by atoms with van der Waals surface area (Å²) in [5.41, 5.74) is 5.24. The van der Waals surface area contributed by atoms with Crippen molar-refractivity contribution in [2.24, 2.45) is 0 Å². The summed E-state index contributed by atoms with van der Waals surface area (Å²) < 4.78 is 9.53. The molecular formula is C24H16BrClN4O. The van der Waals surface area contributed by atoms with Crippen LogP contribution in [0.2, 0.25) is 5.02 Å². The predicted molar refractivity (Wildman–Crippen MR) is 124 cm³/mol. The molecule has 1 N–H and O–H groups in total. The Morgan fingerprint density at radius 2 is 1.68 bits per heavy atom. The molecule has 0 spiro atoms. The molecule has 3 aromatic carbocycles. The largest absolute Gasteiger partial charge is 0.480 e. The van der Waals surface area contributed by atoms with E-state index < -0.39 is 0 Å².